The largest absolute Gasteiger partial charge is 0.478 e. The highest BCUT2D eigenvalue weighted by molar-refractivity contribution is 5.98. The predicted molar refractivity (Wildman–Crippen MR) is 130 cm³/mol. The first-order valence-corrected chi connectivity index (χ1v) is 11.3. The van der Waals surface area contributed by atoms with E-state index in [0.717, 1.165) is 11.1 Å². The molecular weight excluding hydrogens is 446 g/mol. The van der Waals surface area contributed by atoms with Crippen LogP contribution < -0.4 is 5.32 Å². The molecule has 0 bridgehead atoms. The number of Topliss-reactive ketones (excluding diaryl/α,β-unsaturated/α-hetero) is 1. The van der Waals surface area contributed by atoms with Crippen LogP contribution in [0.3, 0.4) is 0 Å². The second-order valence-electron chi connectivity index (χ2n) is 8.05. The number of aliphatic carboxylic acids is 1. The van der Waals surface area contributed by atoms with Crippen molar-refractivity contribution in [2.75, 3.05) is 0 Å². The lowest BCUT2D eigenvalue weighted by Gasteiger charge is -2.18. The molecule has 0 aliphatic rings. The Balaban J connectivity index is 1.61. The van der Waals surface area contributed by atoms with Crippen molar-refractivity contribution in [3.63, 3.8) is 0 Å². The molecule has 0 aliphatic carbocycles. The van der Waals surface area contributed by atoms with Crippen molar-refractivity contribution in [1.82, 2.24) is 5.32 Å². The Hall–Kier alpha value is -4.26. The maximum absolute atomic E-state index is 13.0. The van der Waals surface area contributed by atoms with Crippen LogP contribution in [0.15, 0.2) is 91.0 Å². The number of ether oxygens (including phenoxy) is 1. The van der Waals surface area contributed by atoms with E-state index in [-0.39, 0.29) is 31.5 Å². The summed E-state index contributed by atoms with van der Waals surface area (Å²) in [4.78, 5) is 49.6. The topological polar surface area (TPSA) is 110 Å². The van der Waals surface area contributed by atoms with Crippen molar-refractivity contribution in [1.29, 1.82) is 0 Å². The van der Waals surface area contributed by atoms with Gasteiger partial charge in [-0.25, -0.2) is 4.79 Å². The lowest BCUT2D eigenvalue weighted by atomic mass is 9.99. The highest BCUT2D eigenvalue weighted by Gasteiger charge is 2.26. The number of hydrogen-bond donors (Lipinski definition) is 2. The second-order valence-corrected chi connectivity index (χ2v) is 8.05. The summed E-state index contributed by atoms with van der Waals surface area (Å²) in [5, 5.41) is 12.2. The molecular formula is C28H27NO6. The van der Waals surface area contributed by atoms with Crippen molar-refractivity contribution < 1.29 is 29.0 Å². The number of benzene rings is 3. The van der Waals surface area contributed by atoms with Gasteiger partial charge in [-0.05, 0) is 29.7 Å². The standard InChI is InChI=1S/C28H27NO6/c30-24(16-17-26(31)35-25(28(33)34)19-21-12-6-2-7-13-21)23(18-20-10-4-1-5-11-20)29-27(32)22-14-8-3-9-15-22/h1-15,23,25H,16-19H2,(H,29,32)(H,33,34)/t23-,25-/m0/s1. The quantitative estimate of drug-likeness (QED) is 0.389. The fourth-order valence-electron chi connectivity index (χ4n) is 3.55. The molecule has 0 heterocycles. The third-order valence-electron chi connectivity index (χ3n) is 5.40. The molecule has 0 saturated heterocycles. The first-order valence-electron chi connectivity index (χ1n) is 11.3. The normalized spacial score (nSPS) is 12.2. The first kappa shape index (κ1) is 25.4. The zero-order valence-electron chi connectivity index (χ0n) is 19.1. The average Bonchev–Trinajstić information content (AvgIpc) is 2.88. The number of carbonyl (C=O) groups excluding carboxylic acids is 3. The summed E-state index contributed by atoms with van der Waals surface area (Å²) in [7, 11) is 0. The summed E-state index contributed by atoms with van der Waals surface area (Å²) in [6.07, 6.45) is -1.54. The van der Waals surface area contributed by atoms with Crippen LogP contribution in [0.2, 0.25) is 0 Å². The van der Waals surface area contributed by atoms with Crippen molar-refractivity contribution in [2.45, 2.75) is 37.8 Å². The van der Waals surface area contributed by atoms with Crippen LogP contribution in [0.5, 0.6) is 0 Å². The van der Waals surface area contributed by atoms with Crippen molar-refractivity contribution in [3.8, 4) is 0 Å². The maximum atomic E-state index is 13.0. The molecule has 3 aromatic carbocycles. The fourth-order valence-corrected chi connectivity index (χ4v) is 3.55. The highest BCUT2D eigenvalue weighted by atomic mass is 16.6. The molecule has 2 N–H and O–H groups in total. The van der Waals surface area contributed by atoms with Crippen LogP contribution in [0.1, 0.15) is 34.3 Å². The zero-order valence-corrected chi connectivity index (χ0v) is 19.1. The van der Waals surface area contributed by atoms with Crippen LogP contribution in [0.4, 0.5) is 0 Å². The second kappa shape index (κ2) is 12.8. The van der Waals surface area contributed by atoms with Crippen LogP contribution in [0.25, 0.3) is 0 Å². The third-order valence-corrected chi connectivity index (χ3v) is 5.40. The summed E-state index contributed by atoms with van der Waals surface area (Å²) in [5.74, 6) is -2.78. The molecule has 0 spiro atoms. The van der Waals surface area contributed by atoms with Crippen molar-refractivity contribution >= 4 is 23.6 Å². The van der Waals surface area contributed by atoms with E-state index in [0.29, 0.717) is 5.56 Å². The van der Waals surface area contributed by atoms with Crippen LogP contribution in [-0.4, -0.2) is 40.9 Å². The van der Waals surface area contributed by atoms with E-state index in [2.05, 4.69) is 5.32 Å². The molecule has 0 radical (unpaired) electrons. The van der Waals surface area contributed by atoms with Gasteiger partial charge in [0.15, 0.2) is 5.78 Å². The zero-order chi connectivity index (χ0) is 25.0. The molecule has 0 aliphatic heterocycles. The highest BCUT2D eigenvalue weighted by Crippen LogP contribution is 2.11. The molecule has 0 fully saturated rings. The van der Waals surface area contributed by atoms with Crippen LogP contribution in [-0.2, 0) is 32.0 Å². The minimum Gasteiger partial charge on any atom is -0.478 e. The molecule has 0 unspecified atom stereocenters. The van der Waals surface area contributed by atoms with Crippen LogP contribution >= 0.6 is 0 Å². The van der Waals surface area contributed by atoms with E-state index in [1.165, 1.54) is 0 Å². The number of amides is 1. The van der Waals surface area contributed by atoms with Crippen molar-refractivity contribution in [3.05, 3.63) is 108 Å². The Morgan fingerprint density at radius 2 is 1.23 bits per heavy atom. The maximum Gasteiger partial charge on any atom is 0.345 e. The van der Waals surface area contributed by atoms with Gasteiger partial charge in [0.1, 0.15) is 0 Å². The van der Waals surface area contributed by atoms with E-state index in [1.54, 1.807) is 60.7 Å². The molecule has 0 saturated carbocycles. The van der Waals surface area contributed by atoms with E-state index in [1.807, 2.05) is 30.3 Å². The minimum atomic E-state index is -1.35. The van der Waals surface area contributed by atoms with E-state index >= 15 is 0 Å². The number of carboxylic acid groups (broad SMARTS) is 1. The monoisotopic (exact) mass is 473 g/mol. The number of esters is 1. The molecule has 35 heavy (non-hydrogen) atoms. The van der Waals surface area contributed by atoms with Crippen molar-refractivity contribution in [2.24, 2.45) is 0 Å². The van der Waals surface area contributed by atoms with Gasteiger partial charge in [-0.2, -0.15) is 0 Å². The summed E-state index contributed by atoms with van der Waals surface area (Å²) >= 11 is 0. The van der Waals surface area contributed by atoms with Gasteiger partial charge in [0.25, 0.3) is 5.91 Å². The Kier molecular flexibility index (Phi) is 9.31. The lowest BCUT2D eigenvalue weighted by molar-refractivity contribution is -0.164. The number of ketones is 1. The van der Waals surface area contributed by atoms with Gasteiger partial charge in [-0.15, -0.1) is 0 Å². The van der Waals surface area contributed by atoms with Gasteiger partial charge >= 0.3 is 11.9 Å². The molecule has 7 nitrogen and oxygen atoms in total. The van der Waals surface area contributed by atoms with Gasteiger partial charge in [0.05, 0.1) is 12.5 Å². The fraction of sp³-hybridized carbons (Fsp3) is 0.214. The van der Waals surface area contributed by atoms with Gasteiger partial charge in [-0.1, -0.05) is 78.9 Å². The summed E-state index contributed by atoms with van der Waals surface area (Å²) in [6, 6.07) is 25.8. The SMILES string of the molecule is O=C(CCC(=O)[C@H](Cc1ccccc1)NC(=O)c1ccccc1)O[C@@H](Cc1ccccc1)C(=O)O. The molecule has 2 atom stereocenters. The minimum absolute atomic E-state index is 0.0274. The van der Waals surface area contributed by atoms with E-state index < -0.39 is 30.0 Å². The third kappa shape index (κ3) is 8.23. The van der Waals surface area contributed by atoms with E-state index in [4.69, 9.17) is 4.74 Å². The predicted octanol–water partition coefficient (Wildman–Crippen LogP) is 3.62. The number of rotatable bonds is 12. The summed E-state index contributed by atoms with van der Waals surface area (Å²) < 4.78 is 5.14. The Bertz CT molecular complexity index is 1130. The van der Waals surface area contributed by atoms with Gasteiger partial charge in [0.2, 0.25) is 6.10 Å². The lowest BCUT2D eigenvalue weighted by Crippen LogP contribution is -2.42. The summed E-state index contributed by atoms with van der Waals surface area (Å²) in [5.41, 5.74) is 1.99. The molecule has 3 rings (SSSR count). The molecule has 1 amide bonds. The number of carbonyl (C=O) groups is 4. The Labute approximate surface area is 203 Å². The average molecular weight is 474 g/mol. The molecule has 3 aromatic rings. The molecule has 0 aromatic heterocycles. The first-order chi connectivity index (χ1) is 16.9. The number of nitrogens with one attached hydrogen (secondary N) is 1. The Morgan fingerprint density at radius 3 is 1.77 bits per heavy atom. The van der Waals surface area contributed by atoms with Gasteiger partial charge in [0, 0.05) is 18.4 Å². The number of carboxylic acids is 1. The van der Waals surface area contributed by atoms with E-state index in [9.17, 15) is 24.3 Å². The summed E-state index contributed by atoms with van der Waals surface area (Å²) in [6.45, 7) is 0. The molecule has 7 heteroatoms. The Morgan fingerprint density at radius 1 is 0.714 bits per heavy atom. The van der Waals surface area contributed by atoms with Gasteiger partial charge in [-0.3, -0.25) is 14.4 Å². The molecule has 180 valence electrons. The van der Waals surface area contributed by atoms with Crippen LogP contribution in [0, 0.1) is 0 Å². The van der Waals surface area contributed by atoms with Gasteiger partial charge < -0.3 is 15.2 Å². The smallest absolute Gasteiger partial charge is 0.345 e. The number of hydrogen-bond acceptors (Lipinski definition) is 5.